The molecule has 0 saturated carbocycles. The number of halogens is 1. The van der Waals surface area contributed by atoms with Crippen molar-refractivity contribution in [2.45, 2.75) is 20.0 Å². The molecule has 1 saturated heterocycles. The van der Waals surface area contributed by atoms with Gasteiger partial charge in [-0.25, -0.2) is 0 Å². The molecule has 5 heteroatoms. The zero-order chi connectivity index (χ0) is 17.7. The normalized spacial score (nSPS) is 19.3. The highest BCUT2D eigenvalue weighted by Gasteiger charge is 2.37. The lowest BCUT2D eigenvalue weighted by atomic mass is 9.97. The molecule has 1 heterocycles. The highest BCUT2D eigenvalue weighted by molar-refractivity contribution is 7.53. The van der Waals surface area contributed by atoms with Crippen LogP contribution in [0.25, 0.3) is 21.5 Å². The predicted molar refractivity (Wildman–Crippen MR) is 103 cm³/mol. The number of rotatable bonds is 2. The van der Waals surface area contributed by atoms with Gasteiger partial charge in [0.15, 0.2) is 0 Å². The van der Waals surface area contributed by atoms with E-state index in [-0.39, 0.29) is 11.6 Å². The molecule has 0 amide bonds. The summed E-state index contributed by atoms with van der Waals surface area (Å²) in [6.07, 6.45) is 0.251. The van der Waals surface area contributed by atoms with Gasteiger partial charge in [0.1, 0.15) is 0 Å². The van der Waals surface area contributed by atoms with Crippen molar-refractivity contribution < 1.29 is 13.6 Å². The molecule has 0 unspecified atom stereocenters. The largest absolute Gasteiger partial charge is 0.335 e. The average molecular weight is 375 g/mol. The van der Waals surface area contributed by atoms with Gasteiger partial charge in [-0.1, -0.05) is 74.0 Å². The van der Waals surface area contributed by atoms with Crippen LogP contribution in [0.5, 0.6) is 0 Å². The molecule has 0 aliphatic carbocycles. The second kappa shape index (κ2) is 6.10. The van der Waals surface area contributed by atoms with Crippen LogP contribution in [-0.2, 0) is 19.8 Å². The van der Waals surface area contributed by atoms with E-state index >= 15 is 0 Å². The van der Waals surface area contributed by atoms with Gasteiger partial charge < -0.3 is 9.05 Å². The third kappa shape index (κ3) is 3.11. The van der Waals surface area contributed by atoms with Crippen LogP contribution in [0.2, 0.25) is 5.02 Å². The monoisotopic (exact) mass is 374 g/mol. The highest BCUT2D eigenvalue weighted by atomic mass is 35.5. The second-order valence-corrected chi connectivity index (χ2v) is 9.80. The van der Waals surface area contributed by atoms with Crippen molar-refractivity contribution in [3.8, 4) is 0 Å². The zero-order valence-corrected chi connectivity index (χ0v) is 15.9. The predicted octanol–water partition coefficient (Wildman–Crippen LogP) is 6.41. The second-order valence-electron chi connectivity index (χ2n) is 7.36. The fourth-order valence-corrected chi connectivity index (χ4v) is 5.65. The van der Waals surface area contributed by atoms with Crippen LogP contribution in [0.4, 0.5) is 0 Å². The number of benzene rings is 3. The summed E-state index contributed by atoms with van der Waals surface area (Å²) in [6.45, 7) is 4.97. The van der Waals surface area contributed by atoms with Gasteiger partial charge in [-0.15, -0.1) is 0 Å². The van der Waals surface area contributed by atoms with Gasteiger partial charge in [0.05, 0.1) is 24.4 Å². The molecule has 0 atom stereocenters. The molecule has 1 fully saturated rings. The Morgan fingerprint density at radius 3 is 1.84 bits per heavy atom. The van der Waals surface area contributed by atoms with Crippen molar-refractivity contribution in [3.63, 3.8) is 0 Å². The minimum absolute atomic E-state index is 0.113. The number of fused-ring (bicyclic) bond motifs is 2. The van der Waals surface area contributed by atoms with Crippen molar-refractivity contribution in [1.82, 2.24) is 0 Å². The Balaban J connectivity index is 1.88. The molecule has 0 aromatic heterocycles. The van der Waals surface area contributed by atoms with E-state index in [0.29, 0.717) is 13.2 Å². The summed E-state index contributed by atoms with van der Waals surface area (Å²) in [6, 6.07) is 15.9. The van der Waals surface area contributed by atoms with E-state index in [9.17, 15) is 4.57 Å². The smallest absolute Gasteiger partial charge is 0.308 e. The first kappa shape index (κ1) is 17.1. The van der Waals surface area contributed by atoms with E-state index in [0.717, 1.165) is 32.1 Å². The van der Waals surface area contributed by atoms with Crippen LogP contribution in [0.3, 0.4) is 0 Å². The lowest BCUT2D eigenvalue weighted by Gasteiger charge is -2.34. The van der Waals surface area contributed by atoms with E-state index in [1.54, 1.807) is 0 Å². The van der Waals surface area contributed by atoms with Crippen LogP contribution in [-0.4, -0.2) is 13.2 Å². The van der Waals surface area contributed by atoms with Gasteiger partial charge in [0.25, 0.3) is 0 Å². The van der Waals surface area contributed by atoms with Crippen molar-refractivity contribution in [2.75, 3.05) is 13.2 Å². The Morgan fingerprint density at radius 1 is 0.920 bits per heavy atom. The Hall–Kier alpha value is -1.38. The summed E-state index contributed by atoms with van der Waals surface area (Å²) in [5.41, 5.74) is 0.858. The Kier molecular flexibility index (Phi) is 4.16. The molecule has 1 aliphatic rings. The molecule has 0 N–H and O–H groups in total. The van der Waals surface area contributed by atoms with Crippen LogP contribution in [0, 0.1) is 5.41 Å². The minimum atomic E-state index is -3.18. The molecule has 130 valence electrons. The van der Waals surface area contributed by atoms with Gasteiger partial charge in [-0.05, 0) is 16.3 Å². The van der Waals surface area contributed by atoms with Gasteiger partial charge in [-0.2, -0.15) is 0 Å². The maximum atomic E-state index is 13.2. The maximum Gasteiger partial charge on any atom is 0.335 e. The van der Waals surface area contributed by atoms with Gasteiger partial charge in [0.2, 0.25) is 0 Å². The molecule has 3 aromatic rings. The molecule has 25 heavy (non-hydrogen) atoms. The first-order valence-corrected chi connectivity index (χ1v) is 10.5. The molecule has 3 aromatic carbocycles. The van der Waals surface area contributed by atoms with Crippen LogP contribution < -0.4 is 0 Å². The molecule has 0 spiro atoms. The van der Waals surface area contributed by atoms with E-state index in [2.05, 4.69) is 0 Å². The molecule has 1 aliphatic heterocycles. The fourth-order valence-electron chi connectivity index (χ4n) is 3.25. The highest BCUT2D eigenvalue weighted by Crippen LogP contribution is 2.57. The minimum Gasteiger partial charge on any atom is -0.308 e. The number of hydrogen-bond donors (Lipinski definition) is 0. The van der Waals surface area contributed by atoms with Crippen molar-refractivity contribution in [3.05, 3.63) is 59.1 Å². The van der Waals surface area contributed by atoms with Gasteiger partial charge >= 0.3 is 7.60 Å². The quantitative estimate of drug-likeness (QED) is 0.384. The topological polar surface area (TPSA) is 35.5 Å². The molecule has 0 radical (unpaired) electrons. The molecule has 3 nitrogen and oxygen atoms in total. The summed E-state index contributed by atoms with van der Waals surface area (Å²) in [5, 5.41) is 4.64. The lowest BCUT2D eigenvalue weighted by Crippen LogP contribution is -2.29. The third-order valence-electron chi connectivity index (χ3n) is 4.63. The molecular formula is C20H20ClO3P. The maximum absolute atomic E-state index is 13.2. The zero-order valence-electron chi connectivity index (χ0n) is 14.3. The van der Waals surface area contributed by atoms with Crippen LogP contribution >= 0.6 is 19.2 Å². The fraction of sp³-hybridized carbons (Fsp3) is 0.300. The van der Waals surface area contributed by atoms with E-state index in [1.165, 1.54) is 0 Å². The van der Waals surface area contributed by atoms with Crippen LogP contribution in [0.15, 0.2) is 48.5 Å². The summed E-state index contributed by atoms with van der Waals surface area (Å²) >= 11 is 6.63. The van der Waals surface area contributed by atoms with E-state index < -0.39 is 7.60 Å². The molecular weight excluding hydrogens is 355 g/mol. The SMILES string of the molecule is CC1(C)COP(=O)(Cc2c3ccccc3c(Cl)c3ccccc23)OC1. The van der Waals surface area contributed by atoms with Gasteiger partial charge in [-0.3, -0.25) is 4.57 Å². The van der Waals surface area contributed by atoms with Crippen LogP contribution in [0.1, 0.15) is 19.4 Å². The summed E-state index contributed by atoms with van der Waals surface area (Å²) < 4.78 is 24.6. The lowest BCUT2D eigenvalue weighted by molar-refractivity contribution is 0.0409. The number of hydrogen-bond acceptors (Lipinski definition) is 3. The van der Waals surface area contributed by atoms with E-state index in [4.69, 9.17) is 20.6 Å². The summed E-state index contributed by atoms with van der Waals surface area (Å²) in [4.78, 5) is 0. The Morgan fingerprint density at radius 2 is 1.36 bits per heavy atom. The molecule has 4 rings (SSSR count). The van der Waals surface area contributed by atoms with Crippen molar-refractivity contribution >= 4 is 40.7 Å². The van der Waals surface area contributed by atoms with Crippen molar-refractivity contribution in [2.24, 2.45) is 5.41 Å². The summed E-state index contributed by atoms with van der Waals surface area (Å²) in [5.74, 6) is 0. The Labute approximate surface area is 152 Å². The molecule has 0 bridgehead atoms. The standard InChI is InChI=1S/C20H20ClO3P/c1-20(2)12-23-25(22,24-13-20)11-18-14-7-3-5-9-16(14)19(21)17-10-6-4-8-15(17)18/h3-10H,11-13H2,1-2H3. The first-order valence-electron chi connectivity index (χ1n) is 8.35. The van der Waals surface area contributed by atoms with E-state index in [1.807, 2.05) is 62.4 Å². The van der Waals surface area contributed by atoms with Crippen molar-refractivity contribution in [1.29, 1.82) is 0 Å². The average Bonchev–Trinajstić information content (AvgIpc) is 2.62. The summed E-state index contributed by atoms with van der Waals surface area (Å²) in [7, 11) is -3.18. The van der Waals surface area contributed by atoms with Gasteiger partial charge in [0, 0.05) is 16.2 Å². The first-order chi connectivity index (χ1) is 11.9. The Bertz CT molecular complexity index is 941. The third-order valence-corrected chi connectivity index (χ3v) is 6.79.